The summed E-state index contributed by atoms with van der Waals surface area (Å²) < 4.78 is 42.8. The van der Waals surface area contributed by atoms with Gasteiger partial charge in [-0.2, -0.15) is 13.2 Å². The van der Waals surface area contributed by atoms with Gasteiger partial charge in [-0.1, -0.05) is 0 Å². The maximum Gasteiger partial charge on any atom is 0.391 e. The van der Waals surface area contributed by atoms with Gasteiger partial charge in [-0.3, -0.25) is 0 Å². The molecule has 1 N–H and O–H groups in total. The lowest BCUT2D eigenvalue weighted by Gasteiger charge is -2.31. The first-order valence-electron chi connectivity index (χ1n) is 6.93. The average molecular weight is 265 g/mol. The molecule has 0 amide bonds. The Morgan fingerprint density at radius 2 is 1.56 bits per heavy atom. The Labute approximate surface area is 106 Å². The van der Waals surface area contributed by atoms with Gasteiger partial charge in [-0.15, -0.1) is 0 Å². The van der Waals surface area contributed by atoms with Gasteiger partial charge in [0, 0.05) is 19.3 Å². The number of hydrogen-bond donors (Lipinski definition) is 1. The highest BCUT2D eigenvalue weighted by Crippen LogP contribution is 2.39. The van der Waals surface area contributed by atoms with Crippen LogP contribution in [0, 0.1) is 11.8 Å². The second kappa shape index (κ2) is 6.24. The first kappa shape index (κ1) is 14.1. The molecule has 0 bridgehead atoms. The summed E-state index contributed by atoms with van der Waals surface area (Å²) in [6, 6.07) is 0.499. The number of alkyl halides is 3. The number of nitrogens with one attached hydrogen (secondary N) is 1. The van der Waals surface area contributed by atoms with E-state index >= 15 is 0 Å². The van der Waals surface area contributed by atoms with Crippen LogP contribution in [0.15, 0.2) is 0 Å². The largest absolute Gasteiger partial charge is 0.391 e. The molecule has 1 saturated carbocycles. The monoisotopic (exact) mass is 265 g/mol. The van der Waals surface area contributed by atoms with Crippen molar-refractivity contribution >= 4 is 0 Å². The summed E-state index contributed by atoms with van der Waals surface area (Å²) in [5.41, 5.74) is 0. The minimum Gasteiger partial charge on any atom is -0.381 e. The molecule has 0 aromatic carbocycles. The minimum absolute atomic E-state index is 0.309. The van der Waals surface area contributed by atoms with E-state index in [-0.39, 0.29) is 0 Å². The van der Waals surface area contributed by atoms with Crippen molar-refractivity contribution in [2.24, 2.45) is 11.8 Å². The van der Waals surface area contributed by atoms with E-state index in [2.05, 4.69) is 5.32 Å². The predicted octanol–water partition coefficient (Wildman–Crippen LogP) is 3.12. The van der Waals surface area contributed by atoms with E-state index in [9.17, 15) is 13.2 Å². The van der Waals surface area contributed by atoms with Crippen molar-refractivity contribution in [3.63, 3.8) is 0 Å². The second-order valence-electron chi connectivity index (χ2n) is 5.55. The molecule has 2 nitrogen and oxygen atoms in total. The fraction of sp³-hybridized carbons (Fsp3) is 1.00. The molecule has 5 heteroatoms. The Kier molecular flexibility index (Phi) is 4.90. The van der Waals surface area contributed by atoms with Crippen LogP contribution in [0.4, 0.5) is 13.2 Å². The van der Waals surface area contributed by atoms with Crippen molar-refractivity contribution in [1.29, 1.82) is 0 Å². The first-order chi connectivity index (χ1) is 8.55. The van der Waals surface area contributed by atoms with Crippen molar-refractivity contribution in [3.05, 3.63) is 0 Å². The topological polar surface area (TPSA) is 21.3 Å². The van der Waals surface area contributed by atoms with E-state index < -0.39 is 12.1 Å². The fourth-order valence-corrected chi connectivity index (χ4v) is 2.93. The zero-order valence-corrected chi connectivity index (χ0v) is 10.6. The van der Waals surface area contributed by atoms with Crippen LogP contribution in [-0.4, -0.2) is 32.0 Å². The molecule has 2 fully saturated rings. The molecule has 18 heavy (non-hydrogen) atoms. The van der Waals surface area contributed by atoms with Crippen molar-refractivity contribution in [1.82, 2.24) is 5.32 Å². The fourth-order valence-electron chi connectivity index (χ4n) is 2.93. The molecule has 106 valence electrons. The molecule has 0 aromatic heterocycles. The molecule has 1 saturated heterocycles. The van der Waals surface area contributed by atoms with E-state index in [0.717, 1.165) is 32.6 Å². The summed E-state index contributed by atoms with van der Waals surface area (Å²) >= 11 is 0. The molecular formula is C13H22F3NO. The number of halogens is 3. The van der Waals surface area contributed by atoms with Crippen LogP contribution in [0.3, 0.4) is 0 Å². The molecule has 1 heterocycles. The zero-order chi connectivity index (χ0) is 13.0. The van der Waals surface area contributed by atoms with Gasteiger partial charge in [0.15, 0.2) is 0 Å². The standard InChI is InChI=1S/C13H22F3NO/c14-13(15,16)11-3-1-10(2-4-11)9-17-12-5-7-18-8-6-12/h10-12,17H,1-9H2. The van der Waals surface area contributed by atoms with E-state index in [1.54, 1.807) is 0 Å². The highest BCUT2D eigenvalue weighted by atomic mass is 19.4. The zero-order valence-electron chi connectivity index (χ0n) is 10.6. The quantitative estimate of drug-likeness (QED) is 0.846. The van der Waals surface area contributed by atoms with E-state index in [1.807, 2.05) is 0 Å². The summed E-state index contributed by atoms with van der Waals surface area (Å²) in [5, 5.41) is 3.48. The Morgan fingerprint density at radius 3 is 2.11 bits per heavy atom. The number of ether oxygens (including phenoxy) is 1. The van der Waals surface area contributed by atoms with Gasteiger partial charge in [-0.25, -0.2) is 0 Å². The van der Waals surface area contributed by atoms with Crippen LogP contribution in [0.1, 0.15) is 38.5 Å². The van der Waals surface area contributed by atoms with Crippen LogP contribution >= 0.6 is 0 Å². The SMILES string of the molecule is FC(F)(F)C1CCC(CNC2CCOCC2)CC1. The smallest absolute Gasteiger partial charge is 0.381 e. The van der Waals surface area contributed by atoms with E-state index in [0.29, 0.717) is 37.6 Å². The van der Waals surface area contributed by atoms with Gasteiger partial charge < -0.3 is 10.1 Å². The minimum atomic E-state index is -3.99. The van der Waals surface area contributed by atoms with Crippen molar-refractivity contribution in [2.45, 2.75) is 50.7 Å². The van der Waals surface area contributed by atoms with Gasteiger partial charge in [0.2, 0.25) is 0 Å². The van der Waals surface area contributed by atoms with Crippen molar-refractivity contribution in [3.8, 4) is 0 Å². The molecule has 1 aliphatic heterocycles. The molecule has 2 aliphatic rings. The normalized spacial score (nSPS) is 31.5. The number of hydrogen-bond acceptors (Lipinski definition) is 2. The van der Waals surface area contributed by atoms with E-state index in [1.165, 1.54) is 0 Å². The van der Waals surface area contributed by atoms with Crippen LogP contribution in [-0.2, 0) is 4.74 Å². The maximum absolute atomic E-state index is 12.5. The average Bonchev–Trinajstić information content (AvgIpc) is 2.37. The van der Waals surface area contributed by atoms with Crippen molar-refractivity contribution < 1.29 is 17.9 Å². The molecule has 0 spiro atoms. The highest BCUT2D eigenvalue weighted by molar-refractivity contribution is 4.79. The van der Waals surface area contributed by atoms with Crippen LogP contribution in [0.5, 0.6) is 0 Å². The second-order valence-corrected chi connectivity index (χ2v) is 5.55. The van der Waals surface area contributed by atoms with Gasteiger partial charge >= 0.3 is 6.18 Å². The molecule has 0 radical (unpaired) electrons. The van der Waals surface area contributed by atoms with Crippen LogP contribution in [0.2, 0.25) is 0 Å². The highest BCUT2D eigenvalue weighted by Gasteiger charge is 2.41. The molecular weight excluding hydrogens is 243 g/mol. The lowest BCUT2D eigenvalue weighted by molar-refractivity contribution is -0.183. The van der Waals surface area contributed by atoms with E-state index in [4.69, 9.17) is 4.74 Å². The molecule has 2 rings (SSSR count). The lowest BCUT2D eigenvalue weighted by Crippen LogP contribution is -2.39. The Balaban J connectivity index is 1.64. The molecule has 0 atom stereocenters. The maximum atomic E-state index is 12.5. The number of rotatable bonds is 3. The summed E-state index contributed by atoms with van der Waals surface area (Å²) in [6.07, 6.45) is 0.100. The summed E-state index contributed by atoms with van der Waals surface area (Å²) in [5.74, 6) is -0.636. The predicted molar refractivity (Wildman–Crippen MR) is 63.3 cm³/mol. The van der Waals surface area contributed by atoms with Gasteiger partial charge in [0.25, 0.3) is 0 Å². The van der Waals surface area contributed by atoms with Crippen molar-refractivity contribution in [2.75, 3.05) is 19.8 Å². The Hall–Kier alpha value is -0.290. The molecule has 0 aromatic rings. The van der Waals surface area contributed by atoms with Gasteiger partial charge in [0.1, 0.15) is 0 Å². The molecule has 0 unspecified atom stereocenters. The Morgan fingerprint density at radius 1 is 0.944 bits per heavy atom. The lowest BCUT2D eigenvalue weighted by atomic mass is 9.81. The summed E-state index contributed by atoms with van der Waals surface area (Å²) in [4.78, 5) is 0. The Bertz CT molecular complexity index is 243. The third kappa shape index (κ3) is 4.12. The third-order valence-corrected chi connectivity index (χ3v) is 4.23. The summed E-state index contributed by atoms with van der Waals surface area (Å²) in [7, 11) is 0. The summed E-state index contributed by atoms with van der Waals surface area (Å²) in [6.45, 7) is 2.48. The van der Waals surface area contributed by atoms with Gasteiger partial charge in [-0.05, 0) is 51.0 Å². The molecule has 1 aliphatic carbocycles. The van der Waals surface area contributed by atoms with Crippen LogP contribution in [0.25, 0.3) is 0 Å². The first-order valence-corrected chi connectivity index (χ1v) is 6.93. The van der Waals surface area contributed by atoms with Crippen LogP contribution < -0.4 is 5.32 Å². The third-order valence-electron chi connectivity index (χ3n) is 4.23. The van der Waals surface area contributed by atoms with Gasteiger partial charge in [0.05, 0.1) is 5.92 Å².